The van der Waals surface area contributed by atoms with Crippen molar-refractivity contribution in [2.24, 2.45) is 0 Å². The van der Waals surface area contributed by atoms with E-state index < -0.39 is 0 Å². The first kappa shape index (κ1) is 10.6. The van der Waals surface area contributed by atoms with Gasteiger partial charge in [-0.3, -0.25) is 9.67 Å². The molecule has 5 heteroatoms. The summed E-state index contributed by atoms with van der Waals surface area (Å²) in [6.45, 7) is 5.02. The molecule has 0 spiro atoms. The van der Waals surface area contributed by atoms with E-state index in [0.29, 0.717) is 5.82 Å². The van der Waals surface area contributed by atoms with Crippen LogP contribution < -0.4 is 5.73 Å². The summed E-state index contributed by atoms with van der Waals surface area (Å²) in [6, 6.07) is 0. The molecule has 84 valence electrons. The summed E-state index contributed by atoms with van der Waals surface area (Å²) in [7, 11) is 0. The number of nitrogens with two attached hydrogens (primary N) is 1. The maximum atomic E-state index is 5.50. The minimum Gasteiger partial charge on any atom is -0.382 e. The van der Waals surface area contributed by atoms with Crippen LogP contribution in [0.1, 0.15) is 19.0 Å². The monoisotopic (exact) mass is 217 g/mol. The van der Waals surface area contributed by atoms with Gasteiger partial charge in [-0.1, -0.05) is 6.92 Å². The molecule has 2 aromatic rings. The largest absolute Gasteiger partial charge is 0.382 e. The van der Waals surface area contributed by atoms with Crippen LogP contribution in [0.2, 0.25) is 0 Å². The third-order valence-corrected chi connectivity index (χ3v) is 2.35. The van der Waals surface area contributed by atoms with Crippen LogP contribution in [-0.2, 0) is 6.54 Å². The average Bonchev–Trinajstić information content (AvgIpc) is 2.61. The van der Waals surface area contributed by atoms with E-state index in [1.807, 2.05) is 17.8 Å². The highest BCUT2D eigenvalue weighted by atomic mass is 15.3. The fourth-order valence-corrected chi connectivity index (χ4v) is 1.59. The molecule has 0 bridgehead atoms. The molecule has 0 aliphatic rings. The molecule has 0 saturated carbocycles. The summed E-state index contributed by atoms with van der Waals surface area (Å²) in [6.07, 6.45) is 6.30. The Morgan fingerprint density at radius 1 is 1.31 bits per heavy atom. The van der Waals surface area contributed by atoms with Gasteiger partial charge in [0.25, 0.3) is 0 Å². The number of hydrogen-bond acceptors (Lipinski definition) is 4. The Morgan fingerprint density at radius 2 is 2.12 bits per heavy atom. The van der Waals surface area contributed by atoms with Crippen molar-refractivity contribution in [1.29, 1.82) is 0 Å². The first-order chi connectivity index (χ1) is 7.70. The molecular weight excluding hydrogens is 202 g/mol. The molecule has 0 aliphatic heterocycles. The maximum Gasteiger partial charge on any atom is 0.141 e. The van der Waals surface area contributed by atoms with Crippen LogP contribution in [0.25, 0.3) is 11.3 Å². The summed E-state index contributed by atoms with van der Waals surface area (Å²) in [5.74, 6) is 0.433. The third kappa shape index (κ3) is 2.03. The van der Waals surface area contributed by atoms with E-state index in [-0.39, 0.29) is 0 Å². The molecule has 0 atom stereocenters. The zero-order valence-corrected chi connectivity index (χ0v) is 9.51. The molecular formula is C11H15N5. The lowest BCUT2D eigenvalue weighted by molar-refractivity contribution is 0.598. The minimum absolute atomic E-state index is 0.433. The van der Waals surface area contributed by atoms with Gasteiger partial charge in [0.2, 0.25) is 0 Å². The molecule has 0 aliphatic carbocycles. The predicted molar refractivity (Wildman–Crippen MR) is 62.7 cm³/mol. The first-order valence-corrected chi connectivity index (χ1v) is 5.32. The highest BCUT2D eigenvalue weighted by Crippen LogP contribution is 2.19. The van der Waals surface area contributed by atoms with E-state index in [9.17, 15) is 0 Å². The van der Waals surface area contributed by atoms with Crippen molar-refractivity contribution < 1.29 is 0 Å². The number of anilines is 1. The summed E-state index contributed by atoms with van der Waals surface area (Å²) >= 11 is 0. The molecule has 2 heterocycles. The van der Waals surface area contributed by atoms with Crippen LogP contribution >= 0.6 is 0 Å². The van der Waals surface area contributed by atoms with E-state index in [0.717, 1.165) is 29.9 Å². The molecule has 16 heavy (non-hydrogen) atoms. The second-order valence-corrected chi connectivity index (χ2v) is 3.72. The van der Waals surface area contributed by atoms with Gasteiger partial charge in [0.05, 0.1) is 23.8 Å². The number of nitrogen functional groups attached to an aromatic ring is 1. The van der Waals surface area contributed by atoms with Crippen LogP contribution in [0.3, 0.4) is 0 Å². The van der Waals surface area contributed by atoms with Gasteiger partial charge in [0.15, 0.2) is 0 Å². The van der Waals surface area contributed by atoms with Crippen LogP contribution in [0.5, 0.6) is 0 Å². The number of hydrogen-bond donors (Lipinski definition) is 1. The van der Waals surface area contributed by atoms with Gasteiger partial charge in [0, 0.05) is 18.3 Å². The standard InChI is InChI=1S/C11H15N5/c1-3-4-16-7-9(8(2)15-16)10-5-14-11(12)6-13-10/h5-7H,3-4H2,1-2H3,(H2,12,14). The van der Waals surface area contributed by atoms with Crippen molar-refractivity contribution >= 4 is 5.82 Å². The fourth-order valence-electron chi connectivity index (χ4n) is 1.59. The fraction of sp³-hybridized carbons (Fsp3) is 0.364. The Balaban J connectivity index is 2.36. The van der Waals surface area contributed by atoms with Gasteiger partial charge in [-0.2, -0.15) is 5.10 Å². The van der Waals surface area contributed by atoms with Crippen LogP contribution in [0.4, 0.5) is 5.82 Å². The predicted octanol–water partition coefficient (Wildman–Crippen LogP) is 1.64. The smallest absolute Gasteiger partial charge is 0.141 e. The molecule has 0 saturated heterocycles. The van der Waals surface area contributed by atoms with Gasteiger partial charge in [0.1, 0.15) is 5.82 Å². The number of rotatable bonds is 3. The lowest BCUT2D eigenvalue weighted by Crippen LogP contribution is -1.96. The summed E-state index contributed by atoms with van der Waals surface area (Å²) in [5, 5.41) is 4.42. The van der Waals surface area contributed by atoms with Gasteiger partial charge >= 0.3 is 0 Å². The van der Waals surface area contributed by atoms with E-state index in [4.69, 9.17) is 5.73 Å². The second kappa shape index (κ2) is 4.30. The molecule has 0 amide bonds. The van der Waals surface area contributed by atoms with Crippen LogP contribution in [0, 0.1) is 6.92 Å². The van der Waals surface area contributed by atoms with Crippen molar-refractivity contribution in [2.45, 2.75) is 26.8 Å². The molecule has 0 unspecified atom stereocenters. The highest BCUT2D eigenvalue weighted by molar-refractivity contribution is 5.60. The zero-order valence-electron chi connectivity index (χ0n) is 9.51. The first-order valence-electron chi connectivity index (χ1n) is 5.32. The molecule has 2 aromatic heterocycles. The normalized spacial score (nSPS) is 10.6. The number of aromatic nitrogens is 4. The zero-order chi connectivity index (χ0) is 11.5. The summed E-state index contributed by atoms with van der Waals surface area (Å²) < 4.78 is 1.93. The highest BCUT2D eigenvalue weighted by Gasteiger charge is 2.08. The molecule has 2 N–H and O–H groups in total. The molecule has 2 rings (SSSR count). The van der Waals surface area contributed by atoms with Crippen molar-refractivity contribution in [3.8, 4) is 11.3 Å². The molecule has 0 fully saturated rings. The lowest BCUT2D eigenvalue weighted by atomic mass is 10.2. The van der Waals surface area contributed by atoms with Gasteiger partial charge in [-0.25, -0.2) is 4.98 Å². The van der Waals surface area contributed by atoms with E-state index in [1.54, 1.807) is 12.4 Å². The Bertz CT molecular complexity index is 472. The lowest BCUT2D eigenvalue weighted by Gasteiger charge is -1.97. The van der Waals surface area contributed by atoms with Crippen molar-refractivity contribution in [1.82, 2.24) is 19.7 Å². The van der Waals surface area contributed by atoms with Crippen molar-refractivity contribution in [2.75, 3.05) is 5.73 Å². The van der Waals surface area contributed by atoms with E-state index in [1.165, 1.54) is 0 Å². The van der Waals surface area contributed by atoms with Crippen LogP contribution in [-0.4, -0.2) is 19.7 Å². The quantitative estimate of drug-likeness (QED) is 0.848. The Kier molecular flexibility index (Phi) is 2.85. The SMILES string of the molecule is CCCn1cc(-c2cnc(N)cn2)c(C)n1. The molecule has 0 aromatic carbocycles. The average molecular weight is 217 g/mol. The Hall–Kier alpha value is -1.91. The minimum atomic E-state index is 0.433. The van der Waals surface area contributed by atoms with Gasteiger partial charge in [-0.05, 0) is 13.3 Å². The topological polar surface area (TPSA) is 69.6 Å². The van der Waals surface area contributed by atoms with Crippen LogP contribution in [0.15, 0.2) is 18.6 Å². The maximum absolute atomic E-state index is 5.50. The Morgan fingerprint density at radius 3 is 2.75 bits per heavy atom. The van der Waals surface area contributed by atoms with Gasteiger partial charge in [-0.15, -0.1) is 0 Å². The van der Waals surface area contributed by atoms with E-state index in [2.05, 4.69) is 22.0 Å². The second-order valence-electron chi connectivity index (χ2n) is 3.72. The van der Waals surface area contributed by atoms with Crippen molar-refractivity contribution in [3.05, 3.63) is 24.3 Å². The van der Waals surface area contributed by atoms with E-state index >= 15 is 0 Å². The Labute approximate surface area is 94.3 Å². The summed E-state index contributed by atoms with van der Waals surface area (Å²) in [5.41, 5.74) is 8.30. The third-order valence-electron chi connectivity index (χ3n) is 2.35. The number of nitrogens with zero attached hydrogens (tertiary/aromatic N) is 4. The van der Waals surface area contributed by atoms with Crippen molar-refractivity contribution in [3.63, 3.8) is 0 Å². The number of aryl methyl sites for hydroxylation is 2. The molecule has 0 radical (unpaired) electrons. The molecule has 5 nitrogen and oxygen atoms in total. The summed E-state index contributed by atoms with van der Waals surface area (Å²) in [4.78, 5) is 8.27. The van der Waals surface area contributed by atoms with Gasteiger partial charge < -0.3 is 5.73 Å².